The van der Waals surface area contributed by atoms with E-state index in [-0.39, 0.29) is 0 Å². The molecule has 0 bridgehead atoms. The van der Waals surface area contributed by atoms with Gasteiger partial charge in [0.15, 0.2) is 0 Å². The summed E-state index contributed by atoms with van der Waals surface area (Å²) in [6.45, 7) is 0. The van der Waals surface area contributed by atoms with Crippen molar-refractivity contribution in [3.63, 3.8) is 0 Å². The zero-order valence-corrected chi connectivity index (χ0v) is 29.3. The van der Waals surface area contributed by atoms with E-state index < -0.39 is 0 Å². The van der Waals surface area contributed by atoms with Crippen LogP contribution in [-0.4, -0.2) is 0 Å². The molecule has 0 radical (unpaired) electrons. The van der Waals surface area contributed by atoms with Crippen LogP contribution in [0, 0.1) is 0 Å². The molecule has 0 saturated carbocycles. The van der Waals surface area contributed by atoms with Gasteiger partial charge in [-0.15, -0.1) is 0 Å². The molecule has 0 atom stereocenters. The van der Waals surface area contributed by atoms with Gasteiger partial charge in [-0.05, 0) is 109 Å². The third kappa shape index (κ3) is 6.65. The summed E-state index contributed by atoms with van der Waals surface area (Å²) in [4.78, 5) is 2.35. The summed E-state index contributed by atoms with van der Waals surface area (Å²) in [5.74, 6) is 0. The highest BCUT2D eigenvalue weighted by molar-refractivity contribution is 5.97. The number of benzene rings is 9. The van der Waals surface area contributed by atoms with Crippen LogP contribution in [0.4, 0.5) is 17.1 Å². The largest absolute Gasteiger partial charge is 0.310 e. The molecule has 0 amide bonds. The van der Waals surface area contributed by atoms with Crippen molar-refractivity contribution in [3.05, 3.63) is 224 Å². The van der Waals surface area contributed by atoms with Crippen molar-refractivity contribution in [2.45, 2.75) is 0 Å². The molecule has 1 nitrogen and oxygen atoms in total. The summed E-state index contributed by atoms with van der Waals surface area (Å²) in [6, 6.07) is 80.8. The van der Waals surface area contributed by atoms with E-state index in [2.05, 4.69) is 229 Å². The smallest absolute Gasteiger partial charge is 0.0467 e. The standard InChI is InChI=1S/C52H37N/c1-3-12-38(13-4-1)40-24-26-42(27-25-40)46-19-10-21-50(37-46)53(48-32-28-41(29-33-48)39-14-5-2-6-15-39)49-34-30-43(31-35-49)45-18-9-20-47(36-45)52-23-11-17-44-16-7-8-22-51(44)52/h1-37H. The molecule has 9 aromatic rings. The molecule has 0 unspecified atom stereocenters. The molecule has 0 heterocycles. The van der Waals surface area contributed by atoms with E-state index in [0.717, 1.165) is 17.1 Å². The molecule has 0 N–H and O–H groups in total. The first kappa shape index (κ1) is 32.0. The summed E-state index contributed by atoms with van der Waals surface area (Å²) >= 11 is 0. The zero-order chi connectivity index (χ0) is 35.4. The summed E-state index contributed by atoms with van der Waals surface area (Å²) in [5.41, 5.74) is 15.4. The average Bonchev–Trinajstić information content (AvgIpc) is 3.25. The van der Waals surface area contributed by atoms with E-state index in [1.54, 1.807) is 0 Å². The van der Waals surface area contributed by atoms with Gasteiger partial charge in [-0.1, -0.05) is 182 Å². The van der Waals surface area contributed by atoms with Crippen LogP contribution in [0.15, 0.2) is 224 Å². The van der Waals surface area contributed by atoms with Crippen molar-refractivity contribution in [1.82, 2.24) is 0 Å². The predicted molar refractivity (Wildman–Crippen MR) is 226 cm³/mol. The SMILES string of the molecule is c1ccc(-c2ccc(-c3cccc(N(c4ccc(-c5ccccc5)cc4)c4ccc(-c5cccc(-c6cccc7ccccc67)c5)cc4)c3)cc2)cc1. The summed E-state index contributed by atoms with van der Waals surface area (Å²) in [7, 11) is 0. The monoisotopic (exact) mass is 675 g/mol. The molecule has 0 saturated heterocycles. The second-order valence-corrected chi connectivity index (χ2v) is 13.4. The van der Waals surface area contributed by atoms with Gasteiger partial charge in [0.1, 0.15) is 0 Å². The molecule has 0 aliphatic carbocycles. The van der Waals surface area contributed by atoms with E-state index in [4.69, 9.17) is 0 Å². The van der Waals surface area contributed by atoms with Gasteiger partial charge in [0.25, 0.3) is 0 Å². The molecule has 250 valence electrons. The van der Waals surface area contributed by atoms with Crippen molar-refractivity contribution in [2.75, 3.05) is 4.90 Å². The van der Waals surface area contributed by atoms with E-state index in [9.17, 15) is 0 Å². The molecule has 9 aromatic carbocycles. The van der Waals surface area contributed by atoms with Crippen LogP contribution in [-0.2, 0) is 0 Å². The Morgan fingerprint density at radius 3 is 1.23 bits per heavy atom. The predicted octanol–water partition coefficient (Wildman–Crippen LogP) is 14.6. The van der Waals surface area contributed by atoms with Crippen molar-refractivity contribution >= 4 is 27.8 Å². The van der Waals surface area contributed by atoms with Crippen molar-refractivity contribution in [1.29, 1.82) is 0 Å². The fourth-order valence-corrected chi connectivity index (χ4v) is 7.34. The fraction of sp³-hybridized carbons (Fsp3) is 0. The Bertz CT molecular complexity index is 2620. The first-order valence-electron chi connectivity index (χ1n) is 18.2. The summed E-state index contributed by atoms with van der Waals surface area (Å²) in [5, 5.41) is 2.52. The lowest BCUT2D eigenvalue weighted by Crippen LogP contribution is -2.10. The molecule has 1 heteroatoms. The molecule has 0 aliphatic heterocycles. The Morgan fingerprint density at radius 1 is 0.226 bits per heavy atom. The molecular weight excluding hydrogens is 639 g/mol. The number of nitrogens with zero attached hydrogens (tertiary/aromatic N) is 1. The Labute approximate surface area is 311 Å². The number of hydrogen-bond donors (Lipinski definition) is 0. The van der Waals surface area contributed by atoms with Crippen LogP contribution in [0.5, 0.6) is 0 Å². The van der Waals surface area contributed by atoms with Crippen molar-refractivity contribution in [3.8, 4) is 55.6 Å². The number of anilines is 3. The number of fused-ring (bicyclic) bond motifs is 1. The van der Waals surface area contributed by atoms with Crippen LogP contribution in [0.3, 0.4) is 0 Å². The van der Waals surface area contributed by atoms with Crippen LogP contribution < -0.4 is 4.90 Å². The highest BCUT2D eigenvalue weighted by Gasteiger charge is 2.15. The Kier molecular flexibility index (Phi) is 8.66. The maximum atomic E-state index is 2.35. The minimum absolute atomic E-state index is 1.10. The normalized spacial score (nSPS) is 11.0. The van der Waals surface area contributed by atoms with E-state index in [1.807, 2.05) is 0 Å². The van der Waals surface area contributed by atoms with Crippen LogP contribution in [0.25, 0.3) is 66.4 Å². The van der Waals surface area contributed by atoms with E-state index in [1.165, 1.54) is 66.4 Å². The third-order valence-corrected chi connectivity index (χ3v) is 10.1. The first-order chi connectivity index (χ1) is 26.3. The Morgan fingerprint density at radius 2 is 0.623 bits per heavy atom. The van der Waals surface area contributed by atoms with Gasteiger partial charge in [-0.3, -0.25) is 0 Å². The van der Waals surface area contributed by atoms with Crippen LogP contribution in [0.2, 0.25) is 0 Å². The minimum Gasteiger partial charge on any atom is -0.310 e. The maximum absolute atomic E-state index is 2.35. The van der Waals surface area contributed by atoms with Crippen LogP contribution >= 0.6 is 0 Å². The second kappa shape index (κ2) is 14.3. The van der Waals surface area contributed by atoms with Gasteiger partial charge in [-0.2, -0.15) is 0 Å². The number of hydrogen-bond acceptors (Lipinski definition) is 1. The molecule has 0 spiro atoms. The highest BCUT2D eigenvalue weighted by Crippen LogP contribution is 2.39. The Hall–Kier alpha value is -6.96. The second-order valence-electron chi connectivity index (χ2n) is 13.4. The van der Waals surface area contributed by atoms with Crippen LogP contribution in [0.1, 0.15) is 0 Å². The summed E-state index contributed by atoms with van der Waals surface area (Å²) in [6.07, 6.45) is 0. The first-order valence-corrected chi connectivity index (χ1v) is 18.2. The molecule has 0 aromatic heterocycles. The maximum Gasteiger partial charge on any atom is 0.0467 e. The van der Waals surface area contributed by atoms with E-state index >= 15 is 0 Å². The van der Waals surface area contributed by atoms with Gasteiger partial charge in [-0.25, -0.2) is 0 Å². The van der Waals surface area contributed by atoms with Crippen molar-refractivity contribution in [2.24, 2.45) is 0 Å². The highest BCUT2D eigenvalue weighted by atomic mass is 15.1. The minimum atomic E-state index is 1.10. The zero-order valence-electron chi connectivity index (χ0n) is 29.3. The molecule has 9 rings (SSSR count). The molecule has 0 aliphatic rings. The van der Waals surface area contributed by atoms with Gasteiger partial charge in [0.2, 0.25) is 0 Å². The van der Waals surface area contributed by atoms with E-state index in [0.29, 0.717) is 0 Å². The lowest BCUT2D eigenvalue weighted by molar-refractivity contribution is 1.28. The fourth-order valence-electron chi connectivity index (χ4n) is 7.34. The molecular formula is C52H37N. The van der Waals surface area contributed by atoms with Gasteiger partial charge in [0, 0.05) is 17.1 Å². The summed E-state index contributed by atoms with van der Waals surface area (Å²) < 4.78 is 0. The lowest BCUT2D eigenvalue weighted by Gasteiger charge is -2.26. The quantitative estimate of drug-likeness (QED) is 0.155. The average molecular weight is 676 g/mol. The topological polar surface area (TPSA) is 3.24 Å². The third-order valence-electron chi connectivity index (χ3n) is 10.1. The lowest BCUT2D eigenvalue weighted by atomic mass is 9.95. The Balaban J connectivity index is 1.08. The van der Waals surface area contributed by atoms with Crippen molar-refractivity contribution < 1.29 is 0 Å². The molecule has 53 heavy (non-hydrogen) atoms. The van der Waals surface area contributed by atoms with Gasteiger partial charge in [0.05, 0.1) is 0 Å². The molecule has 0 fully saturated rings. The van der Waals surface area contributed by atoms with Gasteiger partial charge >= 0.3 is 0 Å². The number of rotatable bonds is 8. The van der Waals surface area contributed by atoms with Gasteiger partial charge < -0.3 is 4.90 Å².